The number of halogens is 5. The zero-order valence-electron chi connectivity index (χ0n) is 13.5. The van der Waals surface area contributed by atoms with Crippen LogP contribution in [0.25, 0.3) is 0 Å². The van der Waals surface area contributed by atoms with Crippen LogP contribution in [0.15, 0.2) is 12.1 Å². The molecule has 0 unspecified atom stereocenters. The lowest BCUT2D eigenvalue weighted by molar-refractivity contribution is -0.173. The van der Waals surface area contributed by atoms with E-state index in [1.165, 1.54) is 4.90 Å². The van der Waals surface area contributed by atoms with Crippen molar-refractivity contribution in [2.24, 2.45) is 11.7 Å². The molecule has 1 aromatic rings. The minimum absolute atomic E-state index is 0.0840. The number of urea groups is 1. The first-order chi connectivity index (χ1) is 12.0. The first-order valence-corrected chi connectivity index (χ1v) is 7.91. The molecule has 2 bridgehead atoms. The first-order valence-electron chi connectivity index (χ1n) is 7.91. The molecule has 3 aliphatic rings. The molecule has 5 nitrogen and oxygen atoms in total. The Morgan fingerprint density at radius 3 is 2.31 bits per heavy atom. The smallest absolute Gasteiger partial charge is 0.352 e. The molecule has 10 heteroatoms. The van der Waals surface area contributed by atoms with Crippen molar-refractivity contribution in [3.05, 3.63) is 34.9 Å². The summed E-state index contributed by atoms with van der Waals surface area (Å²) in [6, 6.07) is -0.348. The summed E-state index contributed by atoms with van der Waals surface area (Å²) in [4.78, 5) is 24.4. The van der Waals surface area contributed by atoms with Gasteiger partial charge in [-0.1, -0.05) is 0 Å². The van der Waals surface area contributed by atoms with Crippen LogP contribution >= 0.6 is 0 Å². The maximum Gasteiger partial charge on any atom is 0.416 e. The molecule has 0 atom stereocenters. The van der Waals surface area contributed by atoms with E-state index in [-0.39, 0.29) is 6.07 Å². The van der Waals surface area contributed by atoms with Gasteiger partial charge < -0.3 is 16.0 Å². The van der Waals surface area contributed by atoms with Crippen LogP contribution in [0.3, 0.4) is 0 Å². The highest BCUT2D eigenvalue weighted by Crippen LogP contribution is 2.61. The summed E-state index contributed by atoms with van der Waals surface area (Å²) in [5, 5.41) is 2.11. The summed E-state index contributed by atoms with van der Waals surface area (Å²) >= 11 is 0. The van der Waals surface area contributed by atoms with E-state index in [0.717, 1.165) is 0 Å². The van der Waals surface area contributed by atoms with Crippen LogP contribution in [0.4, 0.5) is 26.7 Å². The van der Waals surface area contributed by atoms with Gasteiger partial charge in [-0.25, -0.2) is 13.6 Å². The van der Waals surface area contributed by atoms with Gasteiger partial charge in [0.15, 0.2) is 11.6 Å². The predicted octanol–water partition coefficient (Wildman–Crippen LogP) is 2.53. The molecule has 4 rings (SSSR count). The van der Waals surface area contributed by atoms with Crippen LogP contribution in [0.5, 0.6) is 0 Å². The van der Waals surface area contributed by atoms with Gasteiger partial charge in [-0.2, -0.15) is 13.2 Å². The molecule has 3 amide bonds. The third kappa shape index (κ3) is 3.19. The summed E-state index contributed by atoms with van der Waals surface area (Å²) in [7, 11) is 0. The standard InChI is InChI=1S/C16H16F5N3O2/c17-11-2-10(16(19,20)21)1-9(13(11)18)7-24(12(25)6-23-14(22)26)15-3-8(4-15)5-15/h1-2,8H,3-7H2,(H3,22,23,26). The molecule has 26 heavy (non-hydrogen) atoms. The Morgan fingerprint density at radius 2 is 1.85 bits per heavy atom. The Morgan fingerprint density at radius 1 is 1.23 bits per heavy atom. The maximum atomic E-state index is 14.1. The first kappa shape index (κ1) is 18.4. The number of hydrogen-bond acceptors (Lipinski definition) is 2. The van der Waals surface area contributed by atoms with Gasteiger partial charge >= 0.3 is 12.2 Å². The van der Waals surface area contributed by atoms with Crippen LogP contribution in [0, 0.1) is 17.6 Å². The number of benzene rings is 1. The van der Waals surface area contributed by atoms with E-state index < -0.39 is 59.5 Å². The molecular weight excluding hydrogens is 361 g/mol. The van der Waals surface area contributed by atoms with Gasteiger partial charge in [0, 0.05) is 17.6 Å². The van der Waals surface area contributed by atoms with Gasteiger partial charge in [-0.15, -0.1) is 0 Å². The van der Waals surface area contributed by atoms with Crippen LogP contribution in [0.1, 0.15) is 30.4 Å². The highest BCUT2D eigenvalue weighted by Gasteiger charge is 2.61. The number of hydrogen-bond donors (Lipinski definition) is 2. The average molecular weight is 377 g/mol. The zero-order valence-corrected chi connectivity index (χ0v) is 13.5. The molecule has 0 heterocycles. The van der Waals surface area contributed by atoms with Crippen LogP contribution in [-0.2, 0) is 17.5 Å². The Labute approximate surface area is 145 Å². The average Bonchev–Trinajstić information content (AvgIpc) is 2.43. The fourth-order valence-corrected chi connectivity index (χ4v) is 3.64. The molecule has 3 saturated carbocycles. The van der Waals surface area contributed by atoms with Crippen LogP contribution < -0.4 is 11.1 Å². The zero-order chi connectivity index (χ0) is 19.3. The number of alkyl halides is 3. The Hall–Kier alpha value is -2.39. The van der Waals surface area contributed by atoms with Crippen LogP contribution in [-0.4, -0.2) is 28.9 Å². The maximum absolute atomic E-state index is 14.1. The van der Waals surface area contributed by atoms with E-state index in [2.05, 4.69) is 5.32 Å². The molecule has 142 valence electrons. The second kappa shape index (κ2) is 6.10. The normalized spacial score (nSPS) is 23.7. The van der Waals surface area contributed by atoms with Crippen molar-refractivity contribution in [2.75, 3.05) is 6.54 Å². The van der Waals surface area contributed by atoms with Crippen molar-refractivity contribution < 1.29 is 31.5 Å². The Kier molecular flexibility index (Phi) is 4.32. The number of carbonyl (C=O) groups excluding carboxylic acids is 2. The summed E-state index contributed by atoms with van der Waals surface area (Å²) in [6.45, 7) is -0.983. The molecule has 1 aromatic carbocycles. The van der Waals surface area contributed by atoms with E-state index in [1.807, 2.05) is 0 Å². The number of amides is 3. The van der Waals surface area contributed by atoms with Crippen LogP contribution in [0.2, 0.25) is 0 Å². The lowest BCUT2D eigenvalue weighted by Gasteiger charge is -2.66. The molecular formula is C16H16F5N3O2. The van der Waals surface area contributed by atoms with Gasteiger partial charge in [0.1, 0.15) is 0 Å². The van der Waals surface area contributed by atoms with E-state index in [1.54, 1.807) is 0 Å². The number of nitrogens with two attached hydrogens (primary N) is 1. The molecule has 0 aliphatic heterocycles. The highest BCUT2D eigenvalue weighted by molar-refractivity contribution is 5.84. The van der Waals surface area contributed by atoms with E-state index in [0.29, 0.717) is 31.2 Å². The number of rotatable bonds is 5. The molecule has 0 radical (unpaired) electrons. The summed E-state index contributed by atoms with van der Waals surface area (Å²) < 4.78 is 66.3. The summed E-state index contributed by atoms with van der Waals surface area (Å²) in [5.41, 5.74) is 2.46. The predicted molar refractivity (Wildman–Crippen MR) is 79.6 cm³/mol. The minimum Gasteiger partial charge on any atom is -0.352 e. The van der Waals surface area contributed by atoms with E-state index >= 15 is 0 Å². The number of nitrogens with zero attached hydrogens (tertiary/aromatic N) is 1. The van der Waals surface area contributed by atoms with Crippen molar-refractivity contribution in [2.45, 2.75) is 37.5 Å². The number of carbonyl (C=O) groups is 2. The SMILES string of the molecule is NC(=O)NCC(=O)N(Cc1cc(C(F)(F)F)cc(F)c1F)C12CC(C1)C2. The van der Waals surface area contributed by atoms with Crippen molar-refractivity contribution >= 4 is 11.9 Å². The van der Waals surface area contributed by atoms with E-state index in [4.69, 9.17) is 5.73 Å². The fraction of sp³-hybridized carbons (Fsp3) is 0.500. The largest absolute Gasteiger partial charge is 0.416 e. The fourth-order valence-electron chi connectivity index (χ4n) is 3.64. The van der Waals surface area contributed by atoms with Crippen molar-refractivity contribution in [1.29, 1.82) is 0 Å². The second-order valence-corrected chi connectivity index (χ2v) is 6.83. The lowest BCUT2D eigenvalue weighted by Crippen LogP contribution is -2.70. The lowest BCUT2D eigenvalue weighted by atomic mass is 9.49. The molecule has 0 spiro atoms. The third-order valence-corrected chi connectivity index (χ3v) is 5.05. The second-order valence-electron chi connectivity index (χ2n) is 6.83. The third-order valence-electron chi connectivity index (χ3n) is 5.05. The Bertz CT molecular complexity index is 748. The van der Waals surface area contributed by atoms with Gasteiger partial charge in [0.05, 0.1) is 12.1 Å². The minimum atomic E-state index is -4.85. The van der Waals surface area contributed by atoms with E-state index in [9.17, 15) is 31.5 Å². The number of nitrogens with one attached hydrogen (secondary N) is 1. The van der Waals surface area contributed by atoms with Crippen molar-refractivity contribution in [3.63, 3.8) is 0 Å². The monoisotopic (exact) mass is 377 g/mol. The molecule has 3 fully saturated rings. The van der Waals surface area contributed by atoms with Gasteiger partial charge in [-0.3, -0.25) is 4.79 Å². The van der Waals surface area contributed by atoms with Gasteiger partial charge in [0.25, 0.3) is 0 Å². The summed E-state index contributed by atoms with van der Waals surface area (Å²) in [5.74, 6) is -3.24. The van der Waals surface area contributed by atoms with Gasteiger partial charge in [-0.05, 0) is 37.3 Å². The van der Waals surface area contributed by atoms with Crippen molar-refractivity contribution in [3.8, 4) is 0 Å². The quantitative estimate of drug-likeness (QED) is 0.774. The van der Waals surface area contributed by atoms with Gasteiger partial charge in [0.2, 0.25) is 5.91 Å². The molecule has 3 N–H and O–H groups in total. The Balaban J connectivity index is 1.88. The molecule has 3 aliphatic carbocycles. The topological polar surface area (TPSA) is 75.4 Å². The summed E-state index contributed by atoms with van der Waals surface area (Å²) in [6.07, 6.45) is -2.89. The molecule has 0 saturated heterocycles. The van der Waals surface area contributed by atoms with Crippen molar-refractivity contribution in [1.82, 2.24) is 10.2 Å². The highest BCUT2D eigenvalue weighted by atomic mass is 19.4. The number of primary amides is 1. The molecule has 0 aromatic heterocycles.